The highest BCUT2D eigenvalue weighted by Crippen LogP contribution is 2.26. The van der Waals surface area contributed by atoms with Crippen LogP contribution < -0.4 is 10.6 Å². The lowest BCUT2D eigenvalue weighted by Crippen LogP contribution is -2.35. The van der Waals surface area contributed by atoms with Crippen LogP contribution in [0.25, 0.3) is 22.4 Å². The summed E-state index contributed by atoms with van der Waals surface area (Å²) in [4.78, 5) is 29.9. The molecule has 0 saturated carbocycles. The Hall–Kier alpha value is -4.09. The summed E-state index contributed by atoms with van der Waals surface area (Å²) < 4.78 is 1.86. The number of hydrogen-bond donors (Lipinski definition) is 2. The fourth-order valence-corrected chi connectivity index (χ4v) is 3.02. The summed E-state index contributed by atoms with van der Waals surface area (Å²) in [6.07, 6.45) is 3.17. The lowest BCUT2D eigenvalue weighted by atomic mass is 10.1. The van der Waals surface area contributed by atoms with Crippen LogP contribution in [0.15, 0.2) is 55.1 Å². The number of likely N-dealkylation sites (N-methyl/N-ethyl adjacent to an activating group) is 1. The lowest BCUT2D eigenvalue weighted by Gasteiger charge is -2.12. The van der Waals surface area contributed by atoms with E-state index >= 15 is 0 Å². The van der Waals surface area contributed by atoms with E-state index < -0.39 is 0 Å². The molecule has 0 saturated heterocycles. The summed E-state index contributed by atoms with van der Waals surface area (Å²) in [5.41, 5.74) is 4.22. The standard InChI is InChI=1S/C23H21N7O/c1-15(24-2)23(31)29-19-12-17(20-21-22(26-13-25-20)27-14-30(21)3)11-18(28-19)10-9-16-7-5-4-6-8-16/h4-8,11-15,24H,1-3H3,(H,28,29,31). The third kappa shape index (κ3) is 4.42. The van der Waals surface area contributed by atoms with Gasteiger partial charge < -0.3 is 15.2 Å². The van der Waals surface area contributed by atoms with Gasteiger partial charge >= 0.3 is 0 Å². The molecule has 2 N–H and O–H groups in total. The maximum absolute atomic E-state index is 12.4. The summed E-state index contributed by atoms with van der Waals surface area (Å²) in [7, 11) is 3.61. The van der Waals surface area contributed by atoms with E-state index in [4.69, 9.17) is 0 Å². The maximum atomic E-state index is 12.4. The van der Waals surface area contributed by atoms with Gasteiger partial charge in [0.1, 0.15) is 23.4 Å². The molecule has 3 heterocycles. The van der Waals surface area contributed by atoms with Gasteiger partial charge in [-0.2, -0.15) is 0 Å². The highest BCUT2D eigenvalue weighted by Gasteiger charge is 2.15. The average Bonchev–Trinajstić information content (AvgIpc) is 3.18. The van der Waals surface area contributed by atoms with Gasteiger partial charge in [-0.15, -0.1) is 0 Å². The molecule has 0 aliphatic heterocycles. The number of pyridine rings is 1. The highest BCUT2D eigenvalue weighted by molar-refractivity contribution is 5.95. The first kappa shape index (κ1) is 20.2. The van der Waals surface area contributed by atoms with Gasteiger partial charge in [-0.1, -0.05) is 24.1 Å². The van der Waals surface area contributed by atoms with Crippen LogP contribution >= 0.6 is 0 Å². The molecule has 0 radical (unpaired) electrons. The van der Waals surface area contributed by atoms with Crippen LogP contribution in [-0.2, 0) is 11.8 Å². The van der Waals surface area contributed by atoms with Gasteiger partial charge in [0.2, 0.25) is 5.91 Å². The molecule has 31 heavy (non-hydrogen) atoms. The van der Waals surface area contributed by atoms with E-state index in [2.05, 4.69) is 42.4 Å². The number of nitrogens with zero attached hydrogens (tertiary/aromatic N) is 5. The van der Waals surface area contributed by atoms with Crippen molar-refractivity contribution in [3.05, 3.63) is 66.4 Å². The van der Waals surface area contributed by atoms with Gasteiger partial charge in [-0.3, -0.25) is 4.79 Å². The summed E-state index contributed by atoms with van der Waals surface area (Å²) in [5.74, 6) is 6.41. The van der Waals surface area contributed by atoms with E-state index in [1.165, 1.54) is 6.33 Å². The van der Waals surface area contributed by atoms with Gasteiger partial charge in [-0.25, -0.2) is 19.9 Å². The minimum atomic E-state index is -0.368. The van der Waals surface area contributed by atoms with Crippen molar-refractivity contribution in [1.29, 1.82) is 0 Å². The molecule has 1 aromatic carbocycles. The van der Waals surface area contributed by atoms with Crippen molar-refractivity contribution in [2.45, 2.75) is 13.0 Å². The maximum Gasteiger partial charge on any atom is 0.242 e. The normalized spacial score (nSPS) is 11.6. The van der Waals surface area contributed by atoms with Crippen LogP contribution in [0.1, 0.15) is 18.2 Å². The Morgan fingerprint density at radius 2 is 1.90 bits per heavy atom. The first-order valence-corrected chi connectivity index (χ1v) is 9.75. The first-order chi connectivity index (χ1) is 15.0. The number of fused-ring (bicyclic) bond motifs is 1. The van der Waals surface area contributed by atoms with Crippen molar-refractivity contribution in [1.82, 2.24) is 29.8 Å². The molecule has 4 rings (SSSR count). The van der Waals surface area contributed by atoms with Crippen LogP contribution in [-0.4, -0.2) is 43.5 Å². The van der Waals surface area contributed by atoms with Crippen molar-refractivity contribution in [3.8, 4) is 23.1 Å². The molecule has 1 atom stereocenters. The monoisotopic (exact) mass is 411 g/mol. The number of nitrogens with one attached hydrogen (secondary N) is 2. The molecular formula is C23H21N7O. The third-order valence-corrected chi connectivity index (χ3v) is 4.79. The predicted molar refractivity (Wildman–Crippen MR) is 119 cm³/mol. The molecule has 1 unspecified atom stereocenters. The van der Waals surface area contributed by atoms with E-state index in [-0.39, 0.29) is 11.9 Å². The molecule has 1 amide bonds. The van der Waals surface area contributed by atoms with Crippen LogP contribution in [0.3, 0.4) is 0 Å². The smallest absolute Gasteiger partial charge is 0.242 e. The highest BCUT2D eigenvalue weighted by atomic mass is 16.2. The van der Waals surface area contributed by atoms with Crippen molar-refractivity contribution in [2.75, 3.05) is 12.4 Å². The number of hydrogen-bond acceptors (Lipinski definition) is 6. The van der Waals surface area contributed by atoms with Crippen LogP contribution in [0.2, 0.25) is 0 Å². The topological polar surface area (TPSA) is 97.6 Å². The molecule has 0 spiro atoms. The summed E-state index contributed by atoms with van der Waals surface area (Å²) in [6, 6.07) is 12.9. The number of anilines is 1. The van der Waals surface area contributed by atoms with Crippen molar-refractivity contribution in [3.63, 3.8) is 0 Å². The Morgan fingerprint density at radius 1 is 1.10 bits per heavy atom. The third-order valence-electron chi connectivity index (χ3n) is 4.79. The Morgan fingerprint density at radius 3 is 2.68 bits per heavy atom. The van der Waals surface area contributed by atoms with Gasteiger partial charge in [0.25, 0.3) is 0 Å². The quantitative estimate of drug-likeness (QED) is 0.501. The van der Waals surface area contributed by atoms with Crippen molar-refractivity contribution < 1.29 is 4.79 Å². The number of aryl methyl sites for hydroxylation is 1. The largest absolute Gasteiger partial charge is 0.331 e. The van der Waals surface area contributed by atoms with Gasteiger partial charge in [-0.05, 0) is 44.2 Å². The molecule has 8 heteroatoms. The number of imidazole rings is 1. The first-order valence-electron chi connectivity index (χ1n) is 9.75. The summed E-state index contributed by atoms with van der Waals surface area (Å²) in [6.45, 7) is 1.78. The van der Waals surface area contributed by atoms with Gasteiger partial charge in [0, 0.05) is 18.2 Å². The van der Waals surface area contributed by atoms with E-state index in [0.717, 1.165) is 16.6 Å². The zero-order valence-electron chi connectivity index (χ0n) is 17.4. The Labute approximate surface area is 179 Å². The zero-order chi connectivity index (χ0) is 21.8. The fourth-order valence-electron chi connectivity index (χ4n) is 3.02. The number of benzene rings is 1. The number of aromatic nitrogens is 5. The van der Waals surface area contributed by atoms with E-state index in [1.807, 2.05) is 48.0 Å². The Bertz CT molecular complexity index is 1300. The van der Waals surface area contributed by atoms with Gasteiger partial charge in [0.15, 0.2) is 5.65 Å². The molecule has 0 bridgehead atoms. The van der Waals surface area contributed by atoms with E-state index in [1.54, 1.807) is 26.4 Å². The van der Waals surface area contributed by atoms with Crippen LogP contribution in [0.4, 0.5) is 5.82 Å². The van der Waals surface area contributed by atoms with E-state index in [0.29, 0.717) is 22.9 Å². The number of amides is 1. The summed E-state index contributed by atoms with van der Waals surface area (Å²) in [5, 5.41) is 5.77. The molecular weight excluding hydrogens is 390 g/mol. The second-order valence-corrected chi connectivity index (χ2v) is 6.99. The summed E-state index contributed by atoms with van der Waals surface area (Å²) >= 11 is 0. The van der Waals surface area contributed by atoms with Gasteiger partial charge in [0.05, 0.1) is 18.1 Å². The van der Waals surface area contributed by atoms with Crippen LogP contribution in [0.5, 0.6) is 0 Å². The average molecular weight is 411 g/mol. The predicted octanol–water partition coefficient (Wildman–Crippen LogP) is 2.37. The molecule has 0 aliphatic rings. The fraction of sp³-hybridized carbons (Fsp3) is 0.174. The van der Waals surface area contributed by atoms with Crippen LogP contribution in [0, 0.1) is 11.8 Å². The molecule has 0 aliphatic carbocycles. The van der Waals surface area contributed by atoms with Crippen molar-refractivity contribution in [2.24, 2.45) is 7.05 Å². The second-order valence-electron chi connectivity index (χ2n) is 6.99. The Kier molecular flexibility index (Phi) is 5.69. The molecule has 0 fully saturated rings. The number of carbonyl (C=O) groups excluding carboxylic acids is 1. The molecule has 4 aromatic rings. The molecule has 8 nitrogen and oxygen atoms in total. The zero-order valence-corrected chi connectivity index (χ0v) is 17.4. The SMILES string of the molecule is CNC(C)C(=O)Nc1cc(-c2ncnc3ncn(C)c23)cc(C#Cc2ccccc2)n1. The minimum Gasteiger partial charge on any atom is -0.331 e. The Balaban J connectivity index is 1.82. The number of rotatable bonds is 4. The second kappa shape index (κ2) is 8.73. The van der Waals surface area contributed by atoms with Crippen molar-refractivity contribution >= 4 is 22.9 Å². The minimum absolute atomic E-state index is 0.192. The molecule has 3 aromatic heterocycles. The molecule has 154 valence electrons. The number of carbonyl (C=O) groups is 1. The lowest BCUT2D eigenvalue weighted by molar-refractivity contribution is -0.117. The van der Waals surface area contributed by atoms with E-state index in [9.17, 15) is 4.79 Å².